The topological polar surface area (TPSA) is 37.3 Å². The maximum atomic E-state index is 10.7. The van der Waals surface area contributed by atoms with Crippen molar-refractivity contribution in [1.29, 1.82) is 0 Å². The van der Waals surface area contributed by atoms with Crippen LogP contribution in [0.1, 0.15) is 68.1 Å². The first-order valence-corrected chi connectivity index (χ1v) is 14.7. The molecule has 3 heteroatoms. The van der Waals surface area contributed by atoms with Crippen molar-refractivity contribution in [2.24, 2.45) is 0 Å². The molecule has 0 aliphatic heterocycles. The van der Waals surface area contributed by atoms with Crippen molar-refractivity contribution >= 4 is 29.1 Å². The van der Waals surface area contributed by atoms with E-state index < -0.39 is 13.2 Å². The number of carbonyl (C=O) groups is 1. The Morgan fingerprint density at radius 2 is 0.882 bits per heavy atom. The molecule has 0 unspecified atom stereocenters. The number of hydrogen-bond donors (Lipinski definition) is 1. The normalized spacial score (nSPS) is 11.5. The lowest BCUT2D eigenvalue weighted by Crippen LogP contribution is -2.33. The molecule has 2 nitrogen and oxygen atoms in total. The minimum Gasteiger partial charge on any atom is -0.481 e. The van der Waals surface area contributed by atoms with Crippen LogP contribution < -0.4 is 15.9 Å². The number of benzene rings is 3. The average molecular weight is 476 g/mol. The molecule has 3 rings (SSSR count). The van der Waals surface area contributed by atoms with Crippen LogP contribution in [-0.4, -0.2) is 17.2 Å². The van der Waals surface area contributed by atoms with Crippen LogP contribution >= 0.6 is 7.26 Å². The second-order valence-electron chi connectivity index (χ2n) is 9.66. The highest BCUT2D eigenvalue weighted by Gasteiger charge is 2.44. The van der Waals surface area contributed by atoms with Gasteiger partial charge in [0, 0.05) is 6.42 Å². The van der Waals surface area contributed by atoms with Gasteiger partial charge in [0.1, 0.15) is 23.2 Å². The molecule has 3 aromatic carbocycles. The molecule has 0 radical (unpaired) electrons. The Labute approximate surface area is 206 Å². The number of hydrogen-bond acceptors (Lipinski definition) is 1. The quantitative estimate of drug-likeness (QED) is 0.211. The van der Waals surface area contributed by atoms with E-state index in [1.165, 1.54) is 64.4 Å². The summed E-state index contributed by atoms with van der Waals surface area (Å²) < 4.78 is 0. The first-order chi connectivity index (χ1) is 16.4. The third kappa shape index (κ3) is 7.03. The average Bonchev–Trinajstić information content (AvgIpc) is 2.82. The van der Waals surface area contributed by atoms with Crippen molar-refractivity contribution < 1.29 is 9.90 Å². The molecule has 0 saturated carbocycles. The molecule has 0 aromatic heterocycles. The Morgan fingerprint density at radius 1 is 0.559 bits per heavy atom. The molecule has 1 N–H and O–H groups in total. The van der Waals surface area contributed by atoms with Crippen molar-refractivity contribution in [1.82, 2.24) is 0 Å². The lowest BCUT2D eigenvalue weighted by Gasteiger charge is -2.28. The number of aryl methyl sites for hydroxylation is 3. The first-order valence-electron chi connectivity index (χ1n) is 12.7. The summed E-state index contributed by atoms with van der Waals surface area (Å²) in [6.07, 6.45) is 9.31. The predicted molar refractivity (Wildman–Crippen MR) is 149 cm³/mol. The van der Waals surface area contributed by atoms with Gasteiger partial charge < -0.3 is 5.11 Å². The van der Waals surface area contributed by atoms with Crippen LogP contribution in [0.3, 0.4) is 0 Å². The Bertz CT molecular complexity index is 910. The predicted octanol–water partition coefficient (Wildman–Crippen LogP) is 7.11. The van der Waals surface area contributed by atoms with E-state index in [0.717, 1.165) is 19.3 Å². The minimum atomic E-state index is -1.76. The summed E-state index contributed by atoms with van der Waals surface area (Å²) in [6, 6.07) is 27.8. The summed E-state index contributed by atoms with van der Waals surface area (Å²) in [7, 11) is -1.76. The SMILES string of the molecule is Cc1ccc([P+](CCCCCCCCCC(=O)O)(c2ccc(C)cc2)c2ccc(C)cc2)cc1. The zero-order chi connectivity index (χ0) is 24.4. The van der Waals surface area contributed by atoms with Crippen LogP contribution in [-0.2, 0) is 4.79 Å². The van der Waals surface area contributed by atoms with E-state index >= 15 is 0 Å². The summed E-state index contributed by atoms with van der Waals surface area (Å²) in [4.78, 5) is 10.7. The molecule has 3 aromatic rings. The molecule has 0 fully saturated rings. The molecule has 0 saturated heterocycles. The van der Waals surface area contributed by atoms with E-state index in [2.05, 4.69) is 93.6 Å². The van der Waals surface area contributed by atoms with E-state index in [1.54, 1.807) is 0 Å². The molecule has 0 aliphatic carbocycles. The van der Waals surface area contributed by atoms with E-state index in [1.807, 2.05) is 0 Å². The molecule has 0 aliphatic rings. The fourth-order valence-electron chi connectivity index (χ4n) is 4.74. The van der Waals surface area contributed by atoms with E-state index in [9.17, 15) is 4.79 Å². The summed E-state index contributed by atoms with van der Waals surface area (Å²) in [5, 5.41) is 13.2. The molecular formula is C31H40O2P+. The van der Waals surface area contributed by atoms with E-state index in [-0.39, 0.29) is 0 Å². The van der Waals surface area contributed by atoms with Crippen molar-refractivity contribution in [3.63, 3.8) is 0 Å². The highest BCUT2D eigenvalue weighted by molar-refractivity contribution is 7.95. The molecule has 0 bridgehead atoms. The zero-order valence-electron chi connectivity index (χ0n) is 21.1. The fourth-order valence-corrected chi connectivity index (χ4v) is 9.08. The van der Waals surface area contributed by atoms with Gasteiger partial charge in [-0.1, -0.05) is 78.8 Å². The third-order valence-electron chi connectivity index (χ3n) is 6.81. The minimum absolute atomic E-state index is 0.302. The number of rotatable bonds is 13. The first kappa shape index (κ1) is 26.2. The van der Waals surface area contributed by atoms with Crippen molar-refractivity contribution in [2.45, 2.75) is 72.1 Å². The molecule has 0 amide bonds. The zero-order valence-corrected chi connectivity index (χ0v) is 22.0. The van der Waals surface area contributed by atoms with E-state index in [4.69, 9.17) is 5.11 Å². The molecule has 0 heterocycles. The number of aliphatic carboxylic acids is 1. The highest BCUT2D eigenvalue weighted by atomic mass is 31.2. The smallest absolute Gasteiger partial charge is 0.303 e. The third-order valence-corrected chi connectivity index (χ3v) is 11.3. The van der Waals surface area contributed by atoms with Crippen LogP contribution in [0.4, 0.5) is 0 Å². The number of carboxylic acid groups (broad SMARTS) is 1. The van der Waals surface area contributed by atoms with Crippen LogP contribution in [0.5, 0.6) is 0 Å². The van der Waals surface area contributed by atoms with E-state index in [0.29, 0.717) is 6.42 Å². The van der Waals surface area contributed by atoms with Crippen molar-refractivity contribution in [3.8, 4) is 0 Å². The fraction of sp³-hybridized carbons (Fsp3) is 0.387. The van der Waals surface area contributed by atoms with Gasteiger partial charge in [0.25, 0.3) is 0 Å². The summed E-state index contributed by atoms with van der Waals surface area (Å²) >= 11 is 0. The standard InChI is InChI=1S/C31H39O2P/c1-25-12-18-28(19-13-25)34(29-20-14-26(2)15-21-29,30-22-16-27(3)17-23-30)24-10-8-6-4-5-7-9-11-31(32)33/h12-23H,4-11,24H2,1-3H3/p+1. The largest absolute Gasteiger partial charge is 0.481 e. The molecule has 0 atom stereocenters. The number of carboxylic acids is 1. The second-order valence-corrected chi connectivity index (χ2v) is 13.3. The van der Waals surface area contributed by atoms with Crippen molar-refractivity contribution in [2.75, 3.05) is 6.16 Å². The maximum absolute atomic E-state index is 10.7. The lowest BCUT2D eigenvalue weighted by molar-refractivity contribution is -0.137. The van der Waals surface area contributed by atoms with Gasteiger partial charge in [-0.05, 0) is 76.4 Å². The van der Waals surface area contributed by atoms with Crippen LogP contribution in [0.25, 0.3) is 0 Å². The number of unbranched alkanes of at least 4 members (excludes halogenated alkanes) is 6. The Hall–Kier alpha value is -2.44. The Kier molecular flexibility index (Phi) is 9.90. The molecule has 34 heavy (non-hydrogen) atoms. The summed E-state index contributed by atoms with van der Waals surface area (Å²) in [5.74, 6) is -0.677. The molecule has 0 spiro atoms. The summed E-state index contributed by atoms with van der Waals surface area (Å²) in [5.41, 5.74) is 3.91. The van der Waals surface area contributed by atoms with Crippen LogP contribution in [0.2, 0.25) is 0 Å². The van der Waals surface area contributed by atoms with Gasteiger partial charge in [-0.3, -0.25) is 4.79 Å². The van der Waals surface area contributed by atoms with Crippen molar-refractivity contribution in [3.05, 3.63) is 89.5 Å². The Morgan fingerprint density at radius 3 is 1.24 bits per heavy atom. The molecular weight excluding hydrogens is 435 g/mol. The monoisotopic (exact) mass is 475 g/mol. The van der Waals surface area contributed by atoms with Gasteiger partial charge in [0.15, 0.2) is 0 Å². The van der Waals surface area contributed by atoms with Crippen LogP contribution in [0.15, 0.2) is 72.8 Å². The van der Waals surface area contributed by atoms with Gasteiger partial charge in [0.2, 0.25) is 0 Å². The van der Waals surface area contributed by atoms with Gasteiger partial charge in [-0.15, -0.1) is 0 Å². The van der Waals surface area contributed by atoms with Gasteiger partial charge in [-0.25, -0.2) is 0 Å². The van der Waals surface area contributed by atoms with Gasteiger partial charge in [0.05, 0.1) is 6.16 Å². The Balaban J connectivity index is 1.82. The molecule has 180 valence electrons. The van der Waals surface area contributed by atoms with Crippen LogP contribution in [0, 0.1) is 20.8 Å². The lowest BCUT2D eigenvalue weighted by atomic mass is 10.1. The van der Waals surface area contributed by atoms with Gasteiger partial charge >= 0.3 is 5.97 Å². The summed E-state index contributed by atoms with van der Waals surface area (Å²) in [6.45, 7) is 6.49. The highest BCUT2D eigenvalue weighted by Crippen LogP contribution is 2.56. The second kappa shape index (κ2) is 12.9. The maximum Gasteiger partial charge on any atom is 0.303 e. The van der Waals surface area contributed by atoms with Gasteiger partial charge in [-0.2, -0.15) is 0 Å².